The van der Waals surface area contributed by atoms with Crippen molar-refractivity contribution < 1.29 is 9.53 Å². The maximum absolute atomic E-state index is 12.7. The van der Waals surface area contributed by atoms with Crippen molar-refractivity contribution in [1.29, 1.82) is 0 Å². The first kappa shape index (κ1) is 21.9. The Morgan fingerprint density at radius 3 is 1.78 bits per heavy atom. The van der Waals surface area contributed by atoms with Gasteiger partial charge in [-0.15, -0.1) is 0 Å². The second kappa shape index (κ2) is 8.34. The summed E-state index contributed by atoms with van der Waals surface area (Å²) < 4.78 is 5.85. The molecule has 0 heterocycles. The van der Waals surface area contributed by atoms with Crippen LogP contribution in [0.4, 0.5) is 11.4 Å². The number of hydrogen-bond donors (Lipinski definition) is 0. The molecular formula is C28H32N2O2. The molecule has 0 amide bonds. The number of benzene rings is 3. The molecule has 166 valence electrons. The molecule has 0 bridgehead atoms. The van der Waals surface area contributed by atoms with Crippen LogP contribution in [0.15, 0.2) is 66.7 Å². The maximum atomic E-state index is 12.7. The Morgan fingerprint density at radius 2 is 1.31 bits per heavy atom. The molecule has 0 aliphatic heterocycles. The fourth-order valence-corrected chi connectivity index (χ4v) is 4.64. The predicted molar refractivity (Wildman–Crippen MR) is 132 cm³/mol. The van der Waals surface area contributed by atoms with Gasteiger partial charge in [0.25, 0.3) is 0 Å². The number of anilines is 2. The van der Waals surface area contributed by atoms with Gasteiger partial charge < -0.3 is 14.5 Å². The minimum Gasteiger partial charge on any atom is -0.461 e. The van der Waals surface area contributed by atoms with Crippen LogP contribution in [0.25, 0.3) is 0 Å². The monoisotopic (exact) mass is 428 g/mol. The van der Waals surface area contributed by atoms with E-state index in [2.05, 4.69) is 88.2 Å². The fraction of sp³-hybridized carbons (Fsp3) is 0.321. The Kier molecular flexibility index (Phi) is 5.72. The molecule has 0 radical (unpaired) electrons. The van der Waals surface area contributed by atoms with Crippen LogP contribution in [0.5, 0.6) is 0 Å². The number of hydrogen-bond acceptors (Lipinski definition) is 4. The van der Waals surface area contributed by atoms with Gasteiger partial charge in [0.1, 0.15) is 6.61 Å². The first-order valence-corrected chi connectivity index (χ1v) is 11.1. The lowest BCUT2D eigenvalue weighted by Gasteiger charge is -2.40. The normalized spacial score (nSPS) is 14.3. The third-order valence-corrected chi connectivity index (χ3v) is 6.59. The zero-order valence-corrected chi connectivity index (χ0v) is 19.8. The summed E-state index contributed by atoms with van der Waals surface area (Å²) in [5.41, 5.74) is 7.78. The van der Waals surface area contributed by atoms with Crippen LogP contribution < -0.4 is 9.80 Å². The Morgan fingerprint density at radius 1 is 0.812 bits per heavy atom. The van der Waals surface area contributed by atoms with Crippen LogP contribution in [-0.2, 0) is 10.2 Å². The Bertz CT molecular complexity index is 1070. The molecule has 3 aromatic carbocycles. The number of carbonyl (C=O) groups is 1. The van der Waals surface area contributed by atoms with Gasteiger partial charge in [-0.05, 0) is 58.7 Å². The third kappa shape index (κ3) is 3.86. The van der Waals surface area contributed by atoms with Crippen LogP contribution in [0, 0.1) is 0 Å². The molecule has 32 heavy (non-hydrogen) atoms. The molecular weight excluding hydrogens is 396 g/mol. The van der Waals surface area contributed by atoms with Gasteiger partial charge in [0.05, 0.1) is 5.56 Å². The molecule has 0 saturated heterocycles. The van der Waals surface area contributed by atoms with Crippen molar-refractivity contribution in [2.75, 3.05) is 44.6 Å². The van der Waals surface area contributed by atoms with Crippen LogP contribution in [0.2, 0.25) is 0 Å². The lowest BCUT2D eigenvalue weighted by atomic mass is 9.65. The first-order chi connectivity index (χ1) is 15.2. The van der Waals surface area contributed by atoms with Crippen LogP contribution in [0.1, 0.15) is 52.4 Å². The van der Waals surface area contributed by atoms with Gasteiger partial charge in [0.15, 0.2) is 0 Å². The molecule has 0 atom stereocenters. The van der Waals surface area contributed by atoms with E-state index in [1.165, 1.54) is 33.6 Å². The van der Waals surface area contributed by atoms with Crippen molar-refractivity contribution in [2.24, 2.45) is 0 Å². The van der Waals surface area contributed by atoms with Gasteiger partial charge in [-0.1, -0.05) is 44.2 Å². The van der Waals surface area contributed by atoms with E-state index < -0.39 is 0 Å². The molecule has 0 aromatic heterocycles. The van der Waals surface area contributed by atoms with Crippen molar-refractivity contribution in [1.82, 2.24) is 0 Å². The smallest absolute Gasteiger partial charge is 0.338 e. The van der Waals surface area contributed by atoms with E-state index in [0.717, 1.165) is 0 Å². The summed E-state index contributed by atoms with van der Waals surface area (Å²) in [6.07, 6.45) is 0. The highest BCUT2D eigenvalue weighted by Crippen LogP contribution is 2.48. The topological polar surface area (TPSA) is 32.8 Å². The molecule has 4 rings (SSSR count). The SMILES string of the molecule is CN(C)c1ccc2c(c1)C(C)(C)c1cc(N(C)C)ccc1C2COC(=O)c1ccccc1. The van der Waals surface area contributed by atoms with Gasteiger partial charge >= 0.3 is 5.97 Å². The van der Waals surface area contributed by atoms with Crippen molar-refractivity contribution in [3.63, 3.8) is 0 Å². The van der Waals surface area contributed by atoms with Gasteiger partial charge in [0.2, 0.25) is 0 Å². The number of esters is 1. The molecule has 0 fully saturated rings. The highest BCUT2D eigenvalue weighted by atomic mass is 16.5. The van der Waals surface area contributed by atoms with Crippen molar-refractivity contribution in [3.05, 3.63) is 94.5 Å². The van der Waals surface area contributed by atoms with E-state index in [4.69, 9.17) is 4.74 Å². The number of ether oxygens (including phenoxy) is 1. The summed E-state index contributed by atoms with van der Waals surface area (Å²) in [4.78, 5) is 17.0. The van der Waals surface area contributed by atoms with Gasteiger partial charge in [-0.2, -0.15) is 0 Å². The Hall–Kier alpha value is -3.27. The lowest BCUT2D eigenvalue weighted by Crippen LogP contribution is -2.32. The molecule has 4 nitrogen and oxygen atoms in total. The average Bonchev–Trinajstić information content (AvgIpc) is 2.79. The summed E-state index contributed by atoms with van der Waals surface area (Å²) in [5, 5.41) is 0. The van der Waals surface area contributed by atoms with E-state index in [1.807, 2.05) is 18.2 Å². The van der Waals surface area contributed by atoms with E-state index >= 15 is 0 Å². The van der Waals surface area contributed by atoms with Gasteiger partial charge in [0, 0.05) is 50.9 Å². The van der Waals surface area contributed by atoms with Gasteiger partial charge in [-0.25, -0.2) is 4.79 Å². The van der Waals surface area contributed by atoms with Crippen LogP contribution in [0.3, 0.4) is 0 Å². The lowest BCUT2D eigenvalue weighted by molar-refractivity contribution is 0.0490. The molecule has 1 aliphatic carbocycles. The number of nitrogens with zero attached hydrogens (tertiary/aromatic N) is 2. The molecule has 3 aromatic rings. The number of fused-ring (bicyclic) bond motifs is 2. The minimum atomic E-state index is -0.284. The second-order valence-electron chi connectivity index (χ2n) is 9.47. The van der Waals surface area contributed by atoms with E-state index in [1.54, 1.807) is 12.1 Å². The summed E-state index contributed by atoms with van der Waals surface area (Å²) in [6.45, 7) is 4.89. The first-order valence-electron chi connectivity index (χ1n) is 11.1. The van der Waals surface area contributed by atoms with Gasteiger partial charge in [-0.3, -0.25) is 0 Å². The quantitative estimate of drug-likeness (QED) is 0.506. The van der Waals surface area contributed by atoms with Crippen molar-refractivity contribution in [3.8, 4) is 0 Å². The molecule has 0 spiro atoms. The largest absolute Gasteiger partial charge is 0.461 e. The molecule has 0 N–H and O–H groups in total. The van der Waals surface area contributed by atoms with Crippen molar-refractivity contribution >= 4 is 17.3 Å². The Balaban J connectivity index is 1.79. The van der Waals surface area contributed by atoms with E-state index in [0.29, 0.717) is 12.2 Å². The molecule has 0 unspecified atom stereocenters. The maximum Gasteiger partial charge on any atom is 0.338 e. The molecule has 0 saturated carbocycles. The fourth-order valence-electron chi connectivity index (χ4n) is 4.64. The zero-order valence-electron chi connectivity index (χ0n) is 19.8. The second-order valence-corrected chi connectivity index (χ2v) is 9.47. The standard InChI is InChI=1S/C28H32N2O2/c1-28(2)25-16-20(29(3)4)12-14-22(25)24(18-32-27(31)19-10-8-7-9-11-19)23-15-13-21(30(5)6)17-26(23)28/h7-17,24H,18H2,1-6H3. The number of carbonyl (C=O) groups excluding carboxylic acids is 1. The predicted octanol–water partition coefficient (Wildman–Crippen LogP) is 5.45. The summed E-state index contributed by atoms with van der Waals surface area (Å²) in [5.74, 6) is -0.290. The number of rotatable bonds is 5. The van der Waals surface area contributed by atoms with E-state index in [-0.39, 0.29) is 17.3 Å². The summed E-state index contributed by atoms with van der Waals surface area (Å²) in [7, 11) is 8.26. The Labute approximate surface area is 191 Å². The van der Waals surface area contributed by atoms with Crippen LogP contribution in [-0.4, -0.2) is 40.8 Å². The molecule has 4 heteroatoms. The molecule has 1 aliphatic rings. The average molecular weight is 429 g/mol. The highest BCUT2D eigenvalue weighted by molar-refractivity contribution is 5.89. The summed E-state index contributed by atoms with van der Waals surface area (Å²) >= 11 is 0. The zero-order chi connectivity index (χ0) is 23.0. The minimum absolute atomic E-state index is 0.00638. The van der Waals surface area contributed by atoms with Crippen molar-refractivity contribution in [2.45, 2.75) is 25.2 Å². The summed E-state index contributed by atoms with van der Waals surface area (Å²) in [6, 6.07) is 22.5. The highest BCUT2D eigenvalue weighted by Gasteiger charge is 2.38. The third-order valence-electron chi connectivity index (χ3n) is 6.59. The van der Waals surface area contributed by atoms with E-state index in [9.17, 15) is 4.79 Å². The van der Waals surface area contributed by atoms with Crippen LogP contribution >= 0.6 is 0 Å².